The number of rotatable bonds is 3. The highest BCUT2D eigenvalue weighted by Gasteiger charge is 2.22. The average Bonchev–Trinajstić information content (AvgIpc) is 2.46. The highest BCUT2D eigenvalue weighted by molar-refractivity contribution is 5.37. The summed E-state index contributed by atoms with van der Waals surface area (Å²) in [6, 6.07) is 8.96. The van der Waals surface area contributed by atoms with Crippen LogP contribution in [0.15, 0.2) is 24.3 Å². The molecule has 0 amide bonds. The molecule has 1 N–H and O–H groups in total. The van der Waals surface area contributed by atoms with Crippen LogP contribution in [0.3, 0.4) is 0 Å². The van der Waals surface area contributed by atoms with Crippen LogP contribution in [0.2, 0.25) is 0 Å². The van der Waals surface area contributed by atoms with Crippen LogP contribution in [0.5, 0.6) is 5.75 Å². The van der Waals surface area contributed by atoms with Crippen LogP contribution < -0.4 is 10.1 Å². The molecule has 1 unspecified atom stereocenters. The van der Waals surface area contributed by atoms with Crippen molar-refractivity contribution in [1.82, 2.24) is 5.32 Å². The van der Waals surface area contributed by atoms with Crippen LogP contribution in [0.4, 0.5) is 0 Å². The number of hydrogen-bond acceptors (Lipinski definition) is 2. The molecule has 1 aliphatic heterocycles. The maximum Gasteiger partial charge on any atom is 0.124 e. The van der Waals surface area contributed by atoms with E-state index in [9.17, 15) is 0 Å². The summed E-state index contributed by atoms with van der Waals surface area (Å²) >= 11 is 0. The molecule has 0 bridgehead atoms. The second-order valence-corrected chi connectivity index (χ2v) is 5.64. The second kappa shape index (κ2) is 5.75. The standard InChI is InChI=1S/C16H23NO/c1-2-6-13(7-3-1)12-17-15-10-11-18-16-9-5-4-8-14(15)16/h4-5,8-9,13,15,17H,1-3,6-7,10-12H2. The summed E-state index contributed by atoms with van der Waals surface area (Å²) < 4.78 is 5.71. The molecule has 1 aromatic carbocycles. The van der Waals surface area contributed by atoms with Crippen LogP contribution in [0.25, 0.3) is 0 Å². The summed E-state index contributed by atoms with van der Waals surface area (Å²) in [6.45, 7) is 2.03. The first kappa shape index (κ1) is 12.0. The van der Waals surface area contributed by atoms with Gasteiger partial charge in [0, 0.05) is 18.0 Å². The molecule has 2 heteroatoms. The lowest BCUT2D eigenvalue weighted by atomic mass is 9.88. The molecule has 0 spiro atoms. The Morgan fingerprint density at radius 3 is 2.78 bits per heavy atom. The topological polar surface area (TPSA) is 21.3 Å². The molecule has 1 heterocycles. The number of benzene rings is 1. The molecular weight excluding hydrogens is 222 g/mol. The SMILES string of the molecule is c1ccc2c(c1)OCCC2NCC1CCCCC1. The molecule has 98 valence electrons. The number of ether oxygens (including phenoxy) is 1. The number of nitrogens with one attached hydrogen (secondary N) is 1. The fourth-order valence-corrected chi connectivity index (χ4v) is 3.25. The smallest absolute Gasteiger partial charge is 0.124 e. The minimum Gasteiger partial charge on any atom is -0.493 e. The Kier molecular flexibility index (Phi) is 3.84. The summed E-state index contributed by atoms with van der Waals surface area (Å²) in [4.78, 5) is 0. The molecule has 18 heavy (non-hydrogen) atoms. The van der Waals surface area contributed by atoms with Gasteiger partial charge in [0.05, 0.1) is 6.61 Å². The summed E-state index contributed by atoms with van der Waals surface area (Å²) in [5, 5.41) is 3.77. The molecule has 0 radical (unpaired) electrons. The van der Waals surface area contributed by atoms with E-state index in [1.54, 1.807) is 0 Å². The predicted octanol–water partition coefficient (Wildman–Crippen LogP) is 3.68. The van der Waals surface area contributed by atoms with E-state index in [0.29, 0.717) is 6.04 Å². The predicted molar refractivity (Wildman–Crippen MR) is 73.9 cm³/mol. The van der Waals surface area contributed by atoms with Gasteiger partial charge in [-0.05, 0) is 31.4 Å². The normalized spacial score (nSPS) is 24.3. The van der Waals surface area contributed by atoms with Crippen molar-refractivity contribution in [3.63, 3.8) is 0 Å². The van der Waals surface area contributed by atoms with Gasteiger partial charge in [-0.15, -0.1) is 0 Å². The first-order chi connectivity index (χ1) is 8.93. The maximum atomic E-state index is 5.71. The summed E-state index contributed by atoms with van der Waals surface area (Å²) in [5.41, 5.74) is 1.35. The third-order valence-electron chi connectivity index (χ3n) is 4.34. The summed E-state index contributed by atoms with van der Waals surface area (Å²) in [5.74, 6) is 1.97. The lowest BCUT2D eigenvalue weighted by Gasteiger charge is -2.29. The fourth-order valence-electron chi connectivity index (χ4n) is 3.25. The Balaban J connectivity index is 1.60. The van der Waals surface area contributed by atoms with Crippen molar-refractivity contribution in [2.24, 2.45) is 5.92 Å². The van der Waals surface area contributed by atoms with Gasteiger partial charge in [-0.3, -0.25) is 0 Å². The molecule has 1 fully saturated rings. The quantitative estimate of drug-likeness (QED) is 0.877. The van der Waals surface area contributed by atoms with E-state index < -0.39 is 0 Å². The molecule has 0 aromatic heterocycles. The van der Waals surface area contributed by atoms with Crippen LogP contribution in [0.1, 0.15) is 50.1 Å². The Hall–Kier alpha value is -1.02. The van der Waals surface area contributed by atoms with E-state index in [1.807, 2.05) is 0 Å². The van der Waals surface area contributed by atoms with Crippen LogP contribution >= 0.6 is 0 Å². The maximum absolute atomic E-state index is 5.71. The first-order valence-corrected chi connectivity index (χ1v) is 7.38. The largest absolute Gasteiger partial charge is 0.493 e. The highest BCUT2D eigenvalue weighted by Crippen LogP contribution is 2.32. The zero-order chi connectivity index (χ0) is 12.2. The zero-order valence-electron chi connectivity index (χ0n) is 11.0. The molecule has 1 aliphatic carbocycles. The van der Waals surface area contributed by atoms with Crippen LogP contribution in [-0.4, -0.2) is 13.2 Å². The Morgan fingerprint density at radius 1 is 1.06 bits per heavy atom. The van der Waals surface area contributed by atoms with Crippen molar-refractivity contribution in [3.05, 3.63) is 29.8 Å². The molecule has 1 atom stereocenters. The van der Waals surface area contributed by atoms with E-state index in [2.05, 4.69) is 29.6 Å². The van der Waals surface area contributed by atoms with E-state index in [4.69, 9.17) is 4.74 Å². The Bertz CT molecular complexity index is 384. The van der Waals surface area contributed by atoms with Gasteiger partial charge in [0.25, 0.3) is 0 Å². The molecule has 2 nitrogen and oxygen atoms in total. The molecule has 1 aromatic rings. The van der Waals surface area contributed by atoms with Gasteiger partial charge in [0.1, 0.15) is 5.75 Å². The van der Waals surface area contributed by atoms with Gasteiger partial charge in [-0.1, -0.05) is 37.5 Å². The zero-order valence-corrected chi connectivity index (χ0v) is 11.0. The average molecular weight is 245 g/mol. The summed E-state index contributed by atoms with van der Waals surface area (Å²) in [6.07, 6.45) is 8.23. The van der Waals surface area contributed by atoms with Crippen molar-refractivity contribution < 1.29 is 4.74 Å². The first-order valence-electron chi connectivity index (χ1n) is 7.38. The molecule has 0 saturated heterocycles. The molecule has 1 saturated carbocycles. The minimum atomic E-state index is 0.497. The Labute approximate surface area is 110 Å². The van der Waals surface area contributed by atoms with Gasteiger partial charge in [-0.2, -0.15) is 0 Å². The van der Waals surface area contributed by atoms with Gasteiger partial charge in [0.2, 0.25) is 0 Å². The van der Waals surface area contributed by atoms with E-state index in [0.717, 1.165) is 24.7 Å². The van der Waals surface area contributed by atoms with E-state index in [1.165, 1.54) is 44.2 Å². The van der Waals surface area contributed by atoms with Crippen LogP contribution in [-0.2, 0) is 0 Å². The molecule has 3 rings (SSSR count). The van der Waals surface area contributed by atoms with Gasteiger partial charge in [0.15, 0.2) is 0 Å². The number of para-hydroxylation sites is 1. The number of hydrogen-bond donors (Lipinski definition) is 1. The molecular formula is C16H23NO. The highest BCUT2D eigenvalue weighted by atomic mass is 16.5. The van der Waals surface area contributed by atoms with Crippen molar-refractivity contribution in [3.8, 4) is 5.75 Å². The van der Waals surface area contributed by atoms with Crippen LogP contribution in [0, 0.1) is 5.92 Å². The van der Waals surface area contributed by atoms with E-state index >= 15 is 0 Å². The monoisotopic (exact) mass is 245 g/mol. The number of fused-ring (bicyclic) bond motifs is 1. The minimum absolute atomic E-state index is 0.497. The van der Waals surface area contributed by atoms with Crippen molar-refractivity contribution in [2.75, 3.05) is 13.2 Å². The van der Waals surface area contributed by atoms with Gasteiger partial charge < -0.3 is 10.1 Å². The lowest BCUT2D eigenvalue weighted by molar-refractivity contribution is 0.241. The van der Waals surface area contributed by atoms with Crippen molar-refractivity contribution in [1.29, 1.82) is 0 Å². The van der Waals surface area contributed by atoms with E-state index in [-0.39, 0.29) is 0 Å². The van der Waals surface area contributed by atoms with Crippen molar-refractivity contribution >= 4 is 0 Å². The van der Waals surface area contributed by atoms with Gasteiger partial charge in [-0.25, -0.2) is 0 Å². The third kappa shape index (κ3) is 2.69. The second-order valence-electron chi connectivity index (χ2n) is 5.64. The van der Waals surface area contributed by atoms with Crippen molar-refractivity contribution in [2.45, 2.75) is 44.6 Å². The lowest BCUT2D eigenvalue weighted by Crippen LogP contribution is -2.31. The Morgan fingerprint density at radius 2 is 1.89 bits per heavy atom. The fraction of sp³-hybridized carbons (Fsp3) is 0.625. The third-order valence-corrected chi connectivity index (χ3v) is 4.34. The van der Waals surface area contributed by atoms with Gasteiger partial charge >= 0.3 is 0 Å². The molecule has 2 aliphatic rings. The summed E-state index contributed by atoms with van der Waals surface area (Å²) in [7, 11) is 0.